The molecule has 1 N–H and O–H groups in total. The first-order chi connectivity index (χ1) is 11.6. The maximum Gasteiger partial charge on any atom is 0.454 e. The summed E-state index contributed by atoms with van der Waals surface area (Å²) in [6, 6.07) is 6.85. The molecule has 0 saturated heterocycles. The van der Waals surface area contributed by atoms with Crippen LogP contribution in [0.4, 0.5) is 18.9 Å². The Balaban J connectivity index is 2.21. The fourth-order valence-corrected chi connectivity index (χ4v) is 2.42. The molecule has 0 aromatic heterocycles. The minimum absolute atomic E-state index is 0.0451. The van der Waals surface area contributed by atoms with Crippen LogP contribution in [-0.4, -0.2) is 25.0 Å². The molecule has 2 aromatic rings. The molecule has 0 radical (unpaired) electrons. The maximum atomic E-state index is 12.4. The van der Waals surface area contributed by atoms with E-state index in [9.17, 15) is 22.8 Å². The SMILES string of the molecule is COc1cc(NC(=O)c2ccc(C(=O)C(F)(F)F)cc2)c(Cl)cc1Cl. The van der Waals surface area contributed by atoms with Gasteiger partial charge in [0, 0.05) is 17.2 Å². The number of hydrogen-bond acceptors (Lipinski definition) is 3. The predicted octanol–water partition coefficient (Wildman–Crippen LogP) is 5.00. The number of ketones is 1. The van der Waals surface area contributed by atoms with Gasteiger partial charge in [0.15, 0.2) is 0 Å². The first-order valence-corrected chi connectivity index (χ1v) is 7.45. The summed E-state index contributed by atoms with van der Waals surface area (Å²) in [7, 11) is 1.39. The maximum absolute atomic E-state index is 12.4. The molecule has 2 aromatic carbocycles. The molecule has 0 atom stereocenters. The Kier molecular flexibility index (Phi) is 5.59. The number of amides is 1. The van der Waals surface area contributed by atoms with Crippen LogP contribution in [-0.2, 0) is 0 Å². The number of anilines is 1. The summed E-state index contributed by atoms with van der Waals surface area (Å²) < 4.78 is 42.1. The lowest BCUT2D eigenvalue weighted by Crippen LogP contribution is -2.22. The van der Waals surface area contributed by atoms with E-state index >= 15 is 0 Å². The summed E-state index contributed by atoms with van der Waals surface area (Å²) in [6.45, 7) is 0. The van der Waals surface area contributed by atoms with Crippen LogP contribution in [0.5, 0.6) is 5.75 Å². The van der Waals surface area contributed by atoms with Crippen LogP contribution in [0.25, 0.3) is 0 Å². The minimum Gasteiger partial charge on any atom is -0.495 e. The van der Waals surface area contributed by atoms with Gasteiger partial charge in [0.25, 0.3) is 11.7 Å². The van der Waals surface area contributed by atoms with Crippen molar-refractivity contribution < 1.29 is 27.5 Å². The van der Waals surface area contributed by atoms with Gasteiger partial charge in [-0.1, -0.05) is 35.3 Å². The molecule has 0 aliphatic heterocycles. The summed E-state index contributed by atoms with van der Waals surface area (Å²) in [5.41, 5.74) is -0.303. The molecule has 0 aliphatic carbocycles. The van der Waals surface area contributed by atoms with Gasteiger partial charge in [-0.2, -0.15) is 13.2 Å². The molecule has 0 fully saturated rings. The minimum atomic E-state index is -4.98. The van der Waals surface area contributed by atoms with Crippen LogP contribution in [0, 0.1) is 0 Å². The number of alkyl halides is 3. The normalized spacial score (nSPS) is 11.1. The third kappa shape index (κ3) is 4.43. The number of Topliss-reactive ketones (excluding diaryl/α,β-unsaturated/α-hetero) is 1. The highest BCUT2D eigenvalue weighted by Gasteiger charge is 2.39. The molecule has 132 valence electrons. The Morgan fingerprint density at radius 1 is 1.00 bits per heavy atom. The van der Waals surface area contributed by atoms with E-state index in [1.165, 1.54) is 19.2 Å². The van der Waals surface area contributed by atoms with Crippen molar-refractivity contribution in [3.8, 4) is 5.75 Å². The number of hydrogen-bond donors (Lipinski definition) is 1. The van der Waals surface area contributed by atoms with Gasteiger partial charge in [-0.15, -0.1) is 0 Å². The monoisotopic (exact) mass is 391 g/mol. The Morgan fingerprint density at radius 2 is 1.56 bits per heavy atom. The highest BCUT2D eigenvalue weighted by Crippen LogP contribution is 2.34. The first kappa shape index (κ1) is 19.1. The molecule has 2 rings (SSSR count). The van der Waals surface area contributed by atoms with Crippen LogP contribution < -0.4 is 10.1 Å². The van der Waals surface area contributed by atoms with Gasteiger partial charge in [0.2, 0.25) is 0 Å². The lowest BCUT2D eigenvalue weighted by molar-refractivity contribution is -0.0885. The van der Waals surface area contributed by atoms with E-state index in [4.69, 9.17) is 27.9 Å². The van der Waals surface area contributed by atoms with E-state index in [1.807, 2.05) is 0 Å². The van der Waals surface area contributed by atoms with Gasteiger partial charge >= 0.3 is 6.18 Å². The molecule has 9 heteroatoms. The van der Waals surface area contributed by atoms with E-state index in [0.717, 1.165) is 24.3 Å². The number of benzene rings is 2. The van der Waals surface area contributed by atoms with Crippen molar-refractivity contribution in [3.05, 3.63) is 57.6 Å². The molecular formula is C16H10Cl2F3NO3. The van der Waals surface area contributed by atoms with Crippen molar-refractivity contribution in [2.75, 3.05) is 12.4 Å². The second-order valence-corrected chi connectivity index (χ2v) is 5.64. The zero-order valence-corrected chi connectivity index (χ0v) is 14.1. The number of nitrogens with one attached hydrogen (secondary N) is 1. The topological polar surface area (TPSA) is 55.4 Å². The summed E-state index contributed by atoms with van der Waals surface area (Å²) in [5, 5.41) is 2.90. The number of ether oxygens (including phenoxy) is 1. The van der Waals surface area contributed by atoms with E-state index in [2.05, 4.69) is 5.32 Å². The van der Waals surface area contributed by atoms with Crippen molar-refractivity contribution in [1.82, 2.24) is 0 Å². The molecule has 0 heterocycles. The number of rotatable bonds is 4. The van der Waals surface area contributed by atoms with E-state index < -0.39 is 23.4 Å². The van der Waals surface area contributed by atoms with E-state index in [1.54, 1.807) is 0 Å². The molecular weight excluding hydrogens is 382 g/mol. The molecule has 0 bridgehead atoms. The number of carbonyl (C=O) groups excluding carboxylic acids is 2. The Hall–Kier alpha value is -2.25. The molecule has 0 aliphatic rings. The van der Waals surface area contributed by atoms with Gasteiger partial charge in [0.1, 0.15) is 5.75 Å². The fraction of sp³-hybridized carbons (Fsp3) is 0.125. The highest BCUT2D eigenvalue weighted by atomic mass is 35.5. The standard InChI is InChI=1S/C16H10Cl2F3NO3/c1-25-13-7-12(10(17)6-11(13)18)22-15(24)9-4-2-8(3-5-9)14(23)16(19,20)21/h2-7H,1H3,(H,22,24). The van der Waals surface area contributed by atoms with Crippen LogP contribution in [0.3, 0.4) is 0 Å². The van der Waals surface area contributed by atoms with Gasteiger partial charge in [0.05, 0.1) is 22.8 Å². The van der Waals surface area contributed by atoms with Gasteiger partial charge in [-0.05, 0) is 18.2 Å². The number of carbonyl (C=O) groups is 2. The van der Waals surface area contributed by atoms with Crippen LogP contribution in [0.15, 0.2) is 36.4 Å². The average molecular weight is 392 g/mol. The molecule has 4 nitrogen and oxygen atoms in total. The zero-order valence-electron chi connectivity index (χ0n) is 12.6. The van der Waals surface area contributed by atoms with Crippen LogP contribution in [0.2, 0.25) is 10.0 Å². The Morgan fingerprint density at radius 3 is 2.08 bits per heavy atom. The molecule has 0 saturated carbocycles. The Labute approximate surface area is 150 Å². The third-order valence-electron chi connectivity index (χ3n) is 3.16. The summed E-state index contributed by atoms with van der Waals surface area (Å²) in [5.74, 6) is -2.32. The van der Waals surface area contributed by atoms with Gasteiger partial charge in [-0.25, -0.2) is 0 Å². The zero-order chi connectivity index (χ0) is 18.8. The van der Waals surface area contributed by atoms with Crippen molar-refractivity contribution >= 4 is 40.6 Å². The van der Waals surface area contributed by atoms with E-state index in [-0.39, 0.29) is 27.0 Å². The van der Waals surface area contributed by atoms with Crippen molar-refractivity contribution in [2.45, 2.75) is 6.18 Å². The molecule has 25 heavy (non-hydrogen) atoms. The molecule has 1 amide bonds. The number of halogens is 5. The van der Waals surface area contributed by atoms with Gasteiger partial charge in [-0.3, -0.25) is 9.59 Å². The summed E-state index contributed by atoms with van der Waals surface area (Å²) >= 11 is 11.9. The lowest BCUT2D eigenvalue weighted by atomic mass is 10.1. The summed E-state index contributed by atoms with van der Waals surface area (Å²) in [4.78, 5) is 23.3. The smallest absolute Gasteiger partial charge is 0.454 e. The second-order valence-electron chi connectivity index (χ2n) is 4.82. The van der Waals surface area contributed by atoms with Gasteiger partial charge < -0.3 is 10.1 Å². The average Bonchev–Trinajstić information content (AvgIpc) is 2.55. The first-order valence-electron chi connectivity index (χ1n) is 6.69. The van der Waals surface area contributed by atoms with E-state index in [0.29, 0.717) is 0 Å². The predicted molar refractivity (Wildman–Crippen MR) is 87.8 cm³/mol. The molecule has 0 unspecified atom stereocenters. The Bertz CT molecular complexity index is 821. The molecule has 0 spiro atoms. The fourth-order valence-electron chi connectivity index (χ4n) is 1.91. The lowest BCUT2D eigenvalue weighted by Gasteiger charge is -2.11. The van der Waals surface area contributed by atoms with Crippen LogP contribution in [0.1, 0.15) is 20.7 Å². The third-order valence-corrected chi connectivity index (χ3v) is 3.76. The van der Waals surface area contributed by atoms with Crippen molar-refractivity contribution in [1.29, 1.82) is 0 Å². The summed E-state index contributed by atoms with van der Waals surface area (Å²) in [6.07, 6.45) is -4.98. The largest absolute Gasteiger partial charge is 0.495 e. The number of methoxy groups -OCH3 is 1. The van der Waals surface area contributed by atoms with Crippen LogP contribution >= 0.6 is 23.2 Å². The second kappa shape index (κ2) is 7.33. The van der Waals surface area contributed by atoms with Crippen molar-refractivity contribution in [2.24, 2.45) is 0 Å². The van der Waals surface area contributed by atoms with Crippen molar-refractivity contribution in [3.63, 3.8) is 0 Å². The highest BCUT2D eigenvalue weighted by molar-refractivity contribution is 6.37. The quantitative estimate of drug-likeness (QED) is 0.746.